The second-order valence-electron chi connectivity index (χ2n) is 4.30. The minimum atomic E-state index is -0.0204. The Bertz CT molecular complexity index is 543. The zero-order chi connectivity index (χ0) is 12.5. The summed E-state index contributed by atoms with van der Waals surface area (Å²) in [5, 5.41) is 4.72. The molecule has 3 heterocycles. The summed E-state index contributed by atoms with van der Waals surface area (Å²) in [5.74, 6) is 1.13. The van der Waals surface area contributed by atoms with E-state index in [4.69, 9.17) is 15.0 Å². The van der Waals surface area contributed by atoms with Crippen LogP contribution in [0.2, 0.25) is 0 Å². The fraction of sp³-hybridized carbons (Fsp3) is 0.500. The van der Waals surface area contributed by atoms with Crippen LogP contribution in [0.4, 0.5) is 5.00 Å². The van der Waals surface area contributed by atoms with E-state index in [1.807, 2.05) is 6.07 Å². The van der Waals surface area contributed by atoms with Crippen molar-refractivity contribution in [1.29, 1.82) is 0 Å². The average molecular weight is 265 g/mol. The van der Waals surface area contributed by atoms with E-state index in [1.54, 1.807) is 11.3 Å². The Hall–Kier alpha value is -1.40. The normalized spacial score (nSPS) is 19.5. The highest BCUT2D eigenvalue weighted by Gasteiger charge is 2.24. The van der Waals surface area contributed by atoms with Crippen LogP contribution in [-0.4, -0.2) is 16.7 Å². The lowest BCUT2D eigenvalue weighted by Gasteiger charge is -2.00. The summed E-state index contributed by atoms with van der Waals surface area (Å²) < 4.78 is 10.8. The Morgan fingerprint density at radius 1 is 1.56 bits per heavy atom. The molecule has 5 nitrogen and oxygen atoms in total. The largest absolute Gasteiger partial charge is 0.390 e. The molecule has 6 heteroatoms. The van der Waals surface area contributed by atoms with Gasteiger partial charge in [-0.3, -0.25) is 0 Å². The van der Waals surface area contributed by atoms with Crippen LogP contribution < -0.4 is 5.73 Å². The van der Waals surface area contributed by atoms with Crippen molar-refractivity contribution in [3.8, 4) is 11.5 Å². The predicted molar refractivity (Wildman–Crippen MR) is 69.3 cm³/mol. The summed E-state index contributed by atoms with van der Waals surface area (Å²) >= 11 is 1.57. The topological polar surface area (TPSA) is 74.2 Å². The highest BCUT2D eigenvalue weighted by molar-refractivity contribution is 7.16. The van der Waals surface area contributed by atoms with Gasteiger partial charge in [0.15, 0.2) is 0 Å². The number of nitrogens with zero attached hydrogens (tertiary/aromatic N) is 2. The maximum Gasteiger partial charge on any atom is 0.261 e. The number of nitrogens with two attached hydrogens (primary N) is 1. The number of nitrogen functional groups attached to an aromatic ring is 1. The lowest BCUT2D eigenvalue weighted by molar-refractivity contribution is 0.103. The van der Waals surface area contributed by atoms with E-state index >= 15 is 0 Å². The first kappa shape index (κ1) is 11.7. The van der Waals surface area contributed by atoms with Crippen LogP contribution in [0.1, 0.15) is 36.6 Å². The molecule has 0 radical (unpaired) electrons. The molecule has 2 aromatic rings. The van der Waals surface area contributed by atoms with E-state index in [-0.39, 0.29) is 6.10 Å². The Morgan fingerprint density at radius 2 is 2.44 bits per heavy atom. The van der Waals surface area contributed by atoms with Gasteiger partial charge in [0.05, 0.1) is 10.6 Å². The van der Waals surface area contributed by atoms with Gasteiger partial charge in [-0.2, -0.15) is 4.98 Å². The van der Waals surface area contributed by atoms with E-state index in [9.17, 15) is 0 Å². The van der Waals surface area contributed by atoms with Gasteiger partial charge in [-0.1, -0.05) is 12.1 Å². The molecule has 1 saturated heterocycles. The lowest BCUT2D eigenvalue weighted by Crippen LogP contribution is -1.97. The minimum absolute atomic E-state index is 0.0204. The highest BCUT2D eigenvalue weighted by Crippen LogP contribution is 2.34. The Morgan fingerprint density at radius 3 is 3.11 bits per heavy atom. The molecule has 0 spiro atoms. The molecular weight excluding hydrogens is 250 g/mol. The zero-order valence-electron chi connectivity index (χ0n) is 10.2. The van der Waals surface area contributed by atoms with Crippen LogP contribution in [0.15, 0.2) is 10.6 Å². The van der Waals surface area contributed by atoms with Gasteiger partial charge in [0, 0.05) is 11.5 Å². The highest BCUT2D eigenvalue weighted by atomic mass is 32.1. The van der Waals surface area contributed by atoms with E-state index in [0.29, 0.717) is 11.7 Å². The predicted octanol–water partition coefficient (Wildman–Crippen LogP) is 2.79. The number of thiophene rings is 1. The first-order valence-corrected chi connectivity index (χ1v) is 6.93. The quantitative estimate of drug-likeness (QED) is 0.923. The second kappa shape index (κ2) is 4.70. The van der Waals surface area contributed by atoms with Gasteiger partial charge >= 0.3 is 0 Å². The van der Waals surface area contributed by atoms with Crippen LogP contribution in [-0.2, 0) is 11.2 Å². The van der Waals surface area contributed by atoms with Crippen molar-refractivity contribution in [2.24, 2.45) is 0 Å². The van der Waals surface area contributed by atoms with Crippen molar-refractivity contribution in [2.45, 2.75) is 32.3 Å². The maximum absolute atomic E-state index is 5.97. The number of ether oxygens (including phenoxy) is 1. The summed E-state index contributed by atoms with van der Waals surface area (Å²) in [6.07, 6.45) is 2.95. The van der Waals surface area contributed by atoms with E-state index in [1.165, 1.54) is 4.88 Å². The SMILES string of the molecule is CCc1cc(-c2nc(C3CCCO3)no2)c(N)s1. The Labute approximate surface area is 109 Å². The molecule has 1 atom stereocenters. The first-order valence-electron chi connectivity index (χ1n) is 6.11. The van der Waals surface area contributed by atoms with Gasteiger partial charge in [-0.15, -0.1) is 11.3 Å². The molecular formula is C12H15N3O2S. The zero-order valence-corrected chi connectivity index (χ0v) is 11.0. The monoisotopic (exact) mass is 265 g/mol. The number of aryl methyl sites for hydroxylation is 1. The van der Waals surface area contributed by atoms with E-state index < -0.39 is 0 Å². The van der Waals surface area contributed by atoms with Gasteiger partial charge in [-0.25, -0.2) is 0 Å². The van der Waals surface area contributed by atoms with Gasteiger partial charge < -0.3 is 15.0 Å². The Balaban J connectivity index is 1.89. The number of hydrogen-bond donors (Lipinski definition) is 1. The molecule has 0 aliphatic carbocycles. The third-order valence-electron chi connectivity index (χ3n) is 3.05. The average Bonchev–Trinajstić information content (AvgIpc) is 3.08. The molecule has 1 unspecified atom stereocenters. The van der Waals surface area contributed by atoms with Crippen molar-refractivity contribution in [3.05, 3.63) is 16.8 Å². The van der Waals surface area contributed by atoms with Crippen molar-refractivity contribution in [1.82, 2.24) is 10.1 Å². The molecule has 18 heavy (non-hydrogen) atoms. The van der Waals surface area contributed by atoms with Crippen LogP contribution >= 0.6 is 11.3 Å². The lowest BCUT2D eigenvalue weighted by atomic mass is 10.2. The minimum Gasteiger partial charge on any atom is -0.390 e. The third-order valence-corrected chi connectivity index (χ3v) is 4.16. The number of aromatic nitrogens is 2. The standard InChI is InChI=1S/C12H15N3O2S/c1-2-7-6-8(10(13)18-7)12-14-11(15-17-12)9-4-3-5-16-9/h6,9H,2-5,13H2,1H3. The summed E-state index contributed by atoms with van der Waals surface area (Å²) in [4.78, 5) is 5.62. The van der Waals surface area contributed by atoms with Crippen molar-refractivity contribution in [2.75, 3.05) is 12.3 Å². The summed E-state index contributed by atoms with van der Waals surface area (Å²) in [6.45, 7) is 2.87. The van der Waals surface area contributed by atoms with Crippen molar-refractivity contribution < 1.29 is 9.26 Å². The molecule has 96 valence electrons. The van der Waals surface area contributed by atoms with Crippen LogP contribution in [0.3, 0.4) is 0 Å². The van der Waals surface area contributed by atoms with Gasteiger partial charge in [-0.05, 0) is 25.3 Å². The van der Waals surface area contributed by atoms with Gasteiger partial charge in [0.2, 0.25) is 5.82 Å². The van der Waals surface area contributed by atoms with Gasteiger partial charge in [0.25, 0.3) is 5.89 Å². The Kier molecular flexibility index (Phi) is 3.05. The molecule has 3 rings (SSSR count). The second-order valence-corrected chi connectivity index (χ2v) is 5.47. The molecule has 0 aromatic carbocycles. The molecule has 1 aliphatic heterocycles. The van der Waals surface area contributed by atoms with Crippen LogP contribution in [0, 0.1) is 0 Å². The molecule has 0 bridgehead atoms. The smallest absolute Gasteiger partial charge is 0.261 e. The fourth-order valence-electron chi connectivity index (χ4n) is 2.06. The summed E-state index contributed by atoms with van der Waals surface area (Å²) in [6, 6.07) is 2.02. The third kappa shape index (κ3) is 2.02. The van der Waals surface area contributed by atoms with Gasteiger partial charge in [0.1, 0.15) is 6.10 Å². The number of anilines is 1. The number of rotatable bonds is 3. The van der Waals surface area contributed by atoms with Crippen LogP contribution in [0.5, 0.6) is 0 Å². The number of hydrogen-bond acceptors (Lipinski definition) is 6. The van der Waals surface area contributed by atoms with E-state index in [2.05, 4.69) is 17.1 Å². The molecule has 2 N–H and O–H groups in total. The fourth-order valence-corrected chi connectivity index (χ4v) is 2.92. The molecule has 2 aromatic heterocycles. The molecule has 1 aliphatic rings. The summed E-state index contributed by atoms with van der Waals surface area (Å²) in [7, 11) is 0. The maximum atomic E-state index is 5.97. The van der Waals surface area contributed by atoms with Crippen LogP contribution in [0.25, 0.3) is 11.5 Å². The molecule has 1 fully saturated rings. The molecule has 0 saturated carbocycles. The van der Waals surface area contributed by atoms with Crippen molar-refractivity contribution >= 4 is 16.3 Å². The first-order chi connectivity index (χ1) is 8.78. The summed E-state index contributed by atoms with van der Waals surface area (Å²) in [5.41, 5.74) is 6.81. The van der Waals surface area contributed by atoms with Crippen molar-refractivity contribution in [3.63, 3.8) is 0 Å². The molecule has 0 amide bonds. The van der Waals surface area contributed by atoms with E-state index in [0.717, 1.165) is 36.4 Å².